The molecule has 0 bridgehead atoms. The minimum Gasteiger partial charge on any atom is -0.480 e. The first kappa shape index (κ1) is 31.0. The average Bonchev–Trinajstić information content (AvgIpc) is 3.23. The quantitative estimate of drug-likeness (QED) is 0.233. The van der Waals surface area contributed by atoms with Gasteiger partial charge in [0.2, 0.25) is 11.8 Å². The number of hydrogen-bond donors (Lipinski definition) is 5. The minimum absolute atomic E-state index is 0.0410. The van der Waals surface area contributed by atoms with E-state index in [1.165, 1.54) is 0 Å². The van der Waals surface area contributed by atoms with Gasteiger partial charge in [-0.1, -0.05) is 20.8 Å². The lowest BCUT2D eigenvalue weighted by Gasteiger charge is -2.29. The van der Waals surface area contributed by atoms with Crippen LogP contribution in [0.5, 0.6) is 0 Å². The summed E-state index contributed by atoms with van der Waals surface area (Å²) in [7, 11) is 0. The minimum atomic E-state index is -1.34. The SMILES string of the molecule is CC[C@H](N[C@@H](CC(C)C)C(=O)O)C(=O)N1C[C@@H](NC(=O)C[C@H](N)Cc2cc(F)c(F)cc2F)C[C@H]1C(=O)O. The van der Waals surface area contributed by atoms with E-state index in [9.17, 15) is 42.6 Å². The van der Waals surface area contributed by atoms with Gasteiger partial charge < -0.3 is 26.2 Å². The molecule has 1 aliphatic rings. The van der Waals surface area contributed by atoms with Crippen molar-refractivity contribution in [1.29, 1.82) is 0 Å². The first-order valence-electron chi connectivity index (χ1n) is 12.4. The molecule has 0 aromatic heterocycles. The van der Waals surface area contributed by atoms with Crippen molar-refractivity contribution < 1.29 is 42.6 Å². The Hall–Kier alpha value is -3.19. The molecule has 5 atom stereocenters. The van der Waals surface area contributed by atoms with E-state index in [1.54, 1.807) is 6.92 Å². The molecule has 1 fully saturated rings. The van der Waals surface area contributed by atoms with E-state index < -0.39 is 71.4 Å². The third kappa shape index (κ3) is 8.42. The highest BCUT2D eigenvalue weighted by molar-refractivity contribution is 5.88. The van der Waals surface area contributed by atoms with Crippen molar-refractivity contribution >= 4 is 23.8 Å². The summed E-state index contributed by atoms with van der Waals surface area (Å²) in [5.41, 5.74) is 5.70. The normalized spacial score (nSPS) is 19.7. The number of aliphatic carboxylic acids is 2. The Morgan fingerprint density at radius 2 is 1.71 bits per heavy atom. The maximum absolute atomic E-state index is 13.9. The van der Waals surface area contributed by atoms with Crippen LogP contribution in [0, 0.1) is 23.4 Å². The number of nitrogens with one attached hydrogen (secondary N) is 2. The van der Waals surface area contributed by atoms with Crippen LogP contribution in [0.3, 0.4) is 0 Å². The second-order valence-corrected chi connectivity index (χ2v) is 10.0. The van der Waals surface area contributed by atoms with Crippen LogP contribution in [0.15, 0.2) is 12.1 Å². The standard InChI is InChI=1S/C25H35F3N4O6/c1-4-19(31-20(24(35)36)5-12(2)3)23(34)32-11-15(9-21(32)25(37)38)30-22(33)8-14(29)6-13-7-17(27)18(28)10-16(13)26/h7,10,12,14-15,19-21,31H,4-6,8-9,11,29H2,1-3H3,(H,30,33)(H,35,36)(H,37,38)/t14-,15+,19+,20+,21+/m1/s1. The summed E-state index contributed by atoms with van der Waals surface area (Å²) in [5, 5.41) is 24.6. The van der Waals surface area contributed by atoms with Crippen LogP contribution in [0.25, 0.3) is 0 Å². The van der Waals surface area contributed by atoms with Crippen LogP contribution in [0.4, 0.5) is 13.2 Å². The number of nitrogens with two attached hydrogens (primary N) is 1. The highest BCUT2D eigenvalue weighted by Crippen LogP contribution is 2.21. The first-order chi connectivity index (χ1) is 17.7. The third-order valence-corrected chi connectivity index (χ3v) is 6.37. The smallest absolute Gasteiger partial charge is 0.326 e. The van der Waals surface area contributed by atoms with Gasteiger partial charge in [-0.3, -0.25) is 19.7 Å². The number of carbonyl (C=O) groups is 4. The molecule has 1 aliphatic heterocycles. The number of nitrogens with zero attached hydrogens (tertiary/aromatic N) is 1. The molecule has 2 amide bonds. The van der Waals surface area contributed by atoms with Crippen molar-refractivity contribution in [3.8, 4) is 0 Å². The number of carboxylic acid groups (broad SMARTS) is 2. The van der Waals surface area contributed by atoms with Gasteiger partial charge in [-0.15, -0.1) is 0 Å². The van der Waals surface area contributed by atoms with Gasteiger partial charge in [0, 0.05) is 37.5 Å². The zero-order chi connectivity index (χ0) is 28.7. The molecule has 1 aromatic carbocycles. The largest absolute Gasteiger partial charge is 0.480 e. The van der Waals surface area contributed by atoms with E-state index >= 15 is 0 Å². The molecule has 1 aromatic rings. The van der Waals surface area contributed by atoms with Gasteiger partial charge in [0.15, 0.2) is 11.6 Å². The Kier molecular flexibility index (Phi) is 11.1. The molecule has 1 heterocycles. The fourth-order valence-corrected chi connectivity index (χ4v) is 4.54. The molecule has 0 unspecified atom stereocenters. The lowest BCUT2D eigenvalue weighted by molar-refractivity contribution is -0.149. The maximum atomic E-state index is 13.9. The summed E-state index contributed by atoms with van der Waals surface area (Å²) in [5.74, 6) is -7.10. The lowest BCUT2D eigenvalue weighted by atomic mass is 10.0. The average molecular weight is 545 g/mol. The number of carbonyl (C=O) groups excluding carboxylic acids is 2. The predicted molar refractivity (Wildman–Crippen MR) is 130 cm³/mol. The third-order valence-electron chi connectivity index (χ3n) is 6.37. The molecule has 6 N–H and O–H groups in total. The number of carboxylic acids is 2. The molecular weight excluding hydrogens is 509 g/mol. The molecule has 0 aliphatic carbocycles. The Morgan fingerprint density at radius 1 is 1.08 bits per heavy atom. The van der Waals surface area contributed by atoms with Crippen molar-refractivity contribution in [1.82, 2.24) is 15.5 Å². The maximum Gasteiger partial charge on any atom is 0.326 e. The number of halogens is 3. The summed E-state index contributed by atoms with van der Waals surface area (Å²) in [4.78, 5) is 50.3. The molecule has 13 heteroatoms. The van der Waals surface area contributed by atoms with E-state index in [0.717, 1.165) is 4.90 Å². The number of amides is 2. The highest BCUT2D eigenvalue weighted by atomic mass is 19.2. The number of hydrogen-bond acceptors (Lipinski definition) is 6. The van der Waals surface area contributed by atoms with E-state index in [1.807, 2.05) is 13.8 Å². The first-order valence-corrected chi connectivity index (χ1v) is 12.4. The van der Waals surface area contributed by atoms with Crippen LogP contribution >= 0.6 is 0 Å². The second kappa shape index (κ2) is 13.6. The van der Waals surface area contributed by atoms with E-state index in [2.05, 4.69) is 10.6 Å². The lowest BCUT2D eigenvalue weighted by Crippen LogP contribution is -2.54. The Labute approximate surface area is 218 Å². The van der Waals surface area contributed by atoms with Crippen molar-refractivity contribution in [3.05, 3.63) is 35.1 Å². The van der Waals surface area contributed by atoms with Gasteiger partial charge in [-0.05, 0) is 36.8 Å². The van der Waals surface area contributed by atoms with Gasteiger partial charge >= 0.3 is 11.9 Å². The van der Waals surface area contributed by atoms with E-state index in [0.29, 0.717) is 12.1 Å². The van der Waals surface area contributed by atoms with Crippen LogP contribution in [0.1, 0.15) is 52.0 Å². The Morgan fingerprint density at radius 3 is 2.26 bits per heavy atom. The zero-order valence-electron chi connectivity index (χ0n) is 21.5. The van der Waals surface area contributed by atoms with Crippen molar-refractivity contribution in [2.24, 2.45) is 11.7 Å². The van der Waals surface area contributed by atoms with Gasteiger partial charge in [0.05, 0.1) is 6.04 Å². The van der Waals surface area contributed by atoms with Gasteiger partial charge in [0.25, 0.3) is 0 Å². The molecule has 0 saturated carbocycles. The number of benzene rings is 1. The van der Waals surface area contributed by atoms with E-state index in [-0.39, 0.29) is 50.1 Å². The molecule has 212 valence electrons. The summed E-state index contributed by atoms with van der Waals surface area (Å²) in [6.45, 7) is 5.24. The summed E-state index contributed by atoms with van der Waals surface area (Å²) < 4.78 is 40.4. The van der Waals surface area contributed by atoms with E-state index in [4.69, 9.17) is 5.73 Å². The van der Waals surface area contributed by atoms with Crippen LogP contribution in [0.2, 0.25) is 0 Å². The molecule has 0 spiro atoms. The fraction of sp³-hybridized carbons (Fsp3) is 0.600. The molecule has 0 radical (unpaired) electrons. The van der Waals surface area contributed by atoms with Gasteiger partial charge in [-0.25, -0.2) is 18.0 Å². The molecule has 1 saturated heterocycles. The van der Waals surface area contributed by atoms with Crippen molar-refractivity contribution in [2.45, 2.75) is 83.1 Å². The summed E-state index contributed by atoms with van der Waals surface area (Å²) >= 11 is 0. The van der Waals surface area contributed by atoms with Gasteiger partial charge in [0.1, 0.15) is 17.9 Å². The fourth-order valence-electron chi connectivity index (χ4n) is 4.54. The summed E-state index contributed by atoms with van der Waals surface area (Å²) in [6, 6.07) is -3.75. The molecule has 10 nitrogen and oxygen atoms in total. The second-order valence-electron chi connectivity index (χ2n) is 10.0. The monoisotopic (exact) mass is 544 g/mol. The topological polar surface area (TPSA) is 162 Å². The molecule has 2 rings (SSSR count). The Balaban J connectivity index is 2.03. The van der Waals surface area contributed by atoms with Crippen LogP contribution < -0.4 is 16.4 Å². The molecular formula is C25H35F3N4O6. The number of likely N-dealkylation sites (tertiary alicyclic amines) is 1. The molecule has 38 heavy (non-hydrogen) atoms. The predicted octanol–water partition coefficient (Wildman–Crippen LogP) is 1.40. The van der Waals surface area contributed by atoms with Crippen molar-refractivity contribution in [3.63, 3.8) is 0 Å². The Bertz CT molecular complexity index is 1040. The zero-order valence-corrected chi connectivity index (χ0v) is 21.5. The number of rotatable bonds is 13. The van der Waals surface area contributed by atoms with Crippen LogP contribution in [-0.2, 0) is 25.6 Å². The van der Waals surface area contributed by atoms with Crippen LogP contribution in [-0.4, -0.2) is 75.6 Å². The highest BCUT2D eigenvalue weighted by Gasteiger charge is 2.42. The van der Waals surface area contributed by atoms with Crippen molar-refractivity contribution in [2.75, 3.05) is 6.54 Å². The van der Waals surface area contributed by atoms with Gasteiger partial charge in [-0.2, -0.15) is 0 Å². The summed E-state index contributed by atoms with van der Waals surface area (Å²) in [6.07, 6.45) is -0.140.